The van der Waals surface area contributed by atoms with Gasteiger partial charge in [-0.2, -0.15) is 0 Å². The average Bonchev–Trinajstić information content (AvgIpc) is 2.48. The maximum Gasteiger partial charge on any atom is 0.419 e. The number of ether oxygens (including phenoxy) is 1. The number of benzene rings is 1. The normalized spacial score (nSPS) is 17.8. The first-order chi connectivity index (χ1) is 8.33. The standard InChI is InChI=1S/C12H12N2O4/c1-8-12(2,3)18-11(15)13(8)9-4-6-10(7-5-9)14(16)17/h4-7H,1H2,2-3H3. The minimum atomic E-state index is -0.765. The van der Waals surface area contributed by atoms with Gasteiger partial charge in [0.05, 0.1) is 16.3 Å². The number of non-ortho nitro benzene ring substituents is 1. The number of nitrogens with zero attached hydrogens (tertiary/aromatic N) is 2. The first-order valence-corrected chi connectivity index (χ1v) is 5.30. The van der Waals surface area contributed by atoms with Crippen molar-refractivity contribution in [1.82, 2.24) is 0 Å². The fraction of sp³-hybridized carbons (Fsp3) is 0.250. The molecule has 0 saturated carbocycles. The van der Waals surface area contributed by atoms with Gasteiger partial charge < -0.3 is 4.74 Å². The van der Waals surface area contributed by atoms with Crippen LogP contribution in [0.4, 0.5) is 16.2 Å². The van der Waals surface area contributed by atoms with Crippen molar-refractivity contribution in [3.8, 4) is 0 Å². The maximum absolute atomic E-state index is 11.7. The topological polar surface area (TPSA) is 72.7 Å². The van der Waals surface area contributed by atoms with Gasteiger partial charge in [-0.15, -0.1) is 0 Å². The van der Waals surface area contributed by atoms with Crippen molar-refractivity contribution < 1.29 is 14.5 Å². The molecule has 0 atom stereocenters. The van der Waals surface area contributed by atoms with Gasteiger partial charge in [-0.1, -0.05) is 6.58 Å². The van der Waals surface area contributed by atoms with Crippen LogP contribution in [0.2, 0.25) is 0 Å². The molecule has 18 heavy (non-hydrogen) atoms. The van der Waals surface area contributed by atoms with Crippen molar-refractivity contribution in [2.75, 3.05) is 4.90 Å². The fourth-order valence-corrected chi connectivity index (χ4v) is 1.69. The van der Waals surface area contributed by atoms with Crippen LogP contribution in [0.25, 0.3) is 0 Å². The zero-order valence-corrected chi connectivity index (χ0v) is 10.0. The summed E-state index contributed by atoms with van der Waals surface area (Å²) < 4.78 is 5.16. The van der Waals surface area contributed by atoms with E-state index in [0.29, 0.717) is 11.4 Å². The first kappa shape index (κ1) is 12.1. The first-order valence-electron chi connectivity index (χ1n) is 5.30. The monoisotopic (exact) mass is 248 g/mol. The van der Waals surface area contributed by atoms with Gasteiger partial charge in [-0.3, -0.25) is 10.1 Å². The highest BCUT2D eigenvalue weighted by molar-refractivity contribution is 5.94. The summed E-state index contributed by atoms with van der Waals surface area (Å²) in [5, 5.41) is 10.5. The Morgan fingerprint density at radius 1 is 1.33 bits per heavy atom. The summed E-state index contributed by atoms with van der Waals surface area (Å²) in [6, 6.07) is 5.65. The molecule has 0 aliphatic carbocycles. The number of nitro groups is 1. The second kappa shape index (κ2) is 3.83. The van der Waals surface area contributed by atoms with E-state index < -0.39 is 16.6 Å². The Hall–Kier alpha value is -2.37. The van der Waals surface area contributed by atoms with Crippen molar-refractivity contribution in [3.63, 3.8) is 0 Å². The Labute approximate surface area is 104 Å². The van der Waals surface area contributed by atoms with E-state index >= 15 is 0 Å². The van der Waals surface area contributed by atoms with Crippen molar-refractivity contribution >= 4 is 17.5 Å². The number of anilines is 1. The summed E-state index contributed by atoms with van der Waals surface area (Å²) in [6.07, 6.45) is -0.529. The number of rotatable bonds is 2. The van der Waals surface area contributed by atoms with Gasteiger partial charge in [0.25, 0.3) is 5.69 Å². The Morgan fingerprint density at radius 2 is 1.89 bits per heavy atom. The number of nitro benzene ring substituents is 1. The number of carbonyl (C=O) groups excluding carboxylic acids is 1. The summed E-state index contributed by atoms with van der Waals surface area (Å²) in [5.41, 5.74) is 0.206. The highest BCUT2D eigenvalue weighted by atomic mass is 16.6. The van der Waals surface area contributed by atoms with Gasteiger partial charge in [0.2, 0.25) is 0 Å². The van der Waals surface area contributed by atoms with Crippen LogP contribution >= 0.6 is 0 Å². The van der Waals surface area contributed by atoms with E-state index in [2.05, 4.69) is 6.58 Å². The number of carbonyl (C=O) groups is 1. The van der Waals surface area contributed by atoms with Gasteiger partial charge in [-0.25, -0.2) is 9.69 Å². The Morgan fingerprint density at radius 3 is 2.28 bits per heavy atom. The number of amides is 1. The molecule has 94 valence electrons. The van der Waals surface area contributed by atoms with E-state index in [4.69, 9.17) is 4.74 Å². The lowest BCUT2D eigenvalue weighted by molar-refractivity contribution is -0.384. The molecule has 0 spiro atoms. The van der Waals surface area contributed by atoms with Gasteiger partial charge in [0, 0.05) is 12.1 Å². The second-order valence-electron chi connectivity index (χ2n) is 4.43. The van der Waals surface area contributed by atoms with E-state index in [1.807, 2.05) is 0 Å². The molecule has 1 fully saturated rings. The second-order valence-corrected chi connectivity index (χ2v) is 4.43. The number of hydrogen-bond donors (Lipinski definition) is 0. The third-order valence-corrected chi connectivity index (χ3v) is 2.81. The van der Waals surface area contributed by atoms with Crippen LogP contribution in [0.1, 0.15) is 13.8 Å². The van der Waals surface area contributed by atoms with Gasteiger partial charge in [0.15, 0.2) is 0 Å². The molecule has 1 aliphatic heterocycles. The number of cyclic esters (lactones) is 1. The minimum Gasteiger partial charge on any atom is -0.436 e. The minimum absolute atomic E-state index is 0.0313. The lowest BCUT2D eigenvalue weighted by Gasteiger charge is -2.18. The van der Waals surface area contributed by atoms with Gasteiger partial charge >= 0.3 is 6.09 Å². The van der Waals surface area contributed by atoms with E-state index in [0.717, 1.165) is 0 Å². The predicted octanol–water partition coefficient (Wildman–Crippen LogP) is 2.84. The lowest BCUT2D eigenvalue weighted by atomic mass is 10.1. The molecular weight excluding hydrogens is 236 g/mol. The zero-order chi connectivity index (χ0) is 13.5. The fourth-order valence-electron chi connectivity index (χ4n) is 1.69. The summed E-state index contributed by atoms with van der Waals surface area (Å²) in [4.78, 5) is 23.1. The molecule has 1 aromatic rings. The Bertz CT molecular complexity index is 534. The maximum atomic E-state index is 11.7. The molecule has 0 N–H and O–H groups in total. The predicted molar refractivity (Wildman–Crippen MR) is 65.3 cm³/mol. The van der Waals surface area contributed by atoms with Crippen molar-refractivity contribution in [2.24, 2.45) is 0 Å². The van der Waals surface area contributed by atoms with Crippen molar-refractivity contribution in [1.29, 1.82) is 0 Å². The molecule has 1 aromatic carbocycles. The van der Waals surface area contributed by atoms with E-state index in [1.54, 1.807) is 13.8 Å². The molecule has 6 nitrogen and oxygen atoms in total. The molecule has 1 amide bonds. The molecule has 1 heterocycles. The highest BCUT2D eigenvalue weighted by Crippen LogP contribution is 2.35. The third-order valence-electron chi connectivity index (χ3n) is 2.81. The van der Waals surface area contributed by atoms with Crippen LogP contribution in [-0.2, 0) is 4.74 Å². The highest BCUT2D eigenvalue weighted by Gasteiger charge is 2.42. The molecule has 6 heteroatoms. The van der Waals surface area contributed by atoms with Crippen LogP contribution in [0.5, 0.6) is 0 Å². The molecule has 0 aromatic heterocycles. The molecule has 1 saturated heterocycles. The van der Waals surface area contributed by atoms with E-state index in [1.165, 1.54) is 29.2 Å². The molecule has 2 rings (SSSR count). The number of hydrogen-bond acceptors (Lipinski definition) is 4. The summed E-state index contributed by atoms with van der Waals surface area (Å²) in [5.74, 6) is 0. The van der Waals surface area contributed by atoms with Gasteiger partial charge in [-0.05, 0) is 26.0 Å². The molecule has 0 bridgehead atoms. The van der Waals surface area contributed by atoms with Crippen molar-refractivity contribution in [3.05, 3.63) is 46.7 Å². The Kier molecular flexibility index (Phi) is 2.58. The van der Waals surface area contributed by atoms with Crippen molar-refractivity contribution in [2.45, 2.75) is 19.4 Å². The van der Waals surface area contributed by atoms with Crippen LogP contribution < -0.4 is 4.90 Å². The van der Waals surface area contributed by atoms with Crippen LogP contribution in [0.3, 0.4) is 0 Å². The molecule has 0 radical (unpaired) electrons. The quantitative estimate of drug-likeness (QED) is 0.595. The smallest absolute Gasteiger partial charge is 0.419 e. The van der Waals surface area contributed by atoms with E-state index in [-0.39, 0.29) is 5.69 Å². The Balaban J connectivity index is 2.35. The molecule has 0 unspecified atom stereocenters. The van der Waals surface area contributed by atoms with Gasteiger partial charge in [0.1, 0.15) is 5.60 Å². The van der Waals surface area contributed by atoms with Crippen LogP contribution in [0.15, 0.2) is 36.5 Å². The largest absolute Gasteiger partial charge is 0.436 e. The SMILES string of the molecule is C=C1N(c2ccc([N+](=O)[O-])cc2)C(=O)OC1(C)C. The molecule has 1 aliphatic rings. The lowest BCUT2D eigenvalue weighted by Crippen LogP contribution is -2.24. The van der Waals surface area contributed by atoms with Crippen LogP contribution in [-0.4, -0.2) is 16.6 Å². The molecular formula is C12H12N2O4. The summed E-state index contributed by atoms with van der Waals surface area (Å²) in [7, 11) is 0. The average molecular weight is 248 g/mol. The summed E-state index contributed by atoms with van der Waals surface area (Å²) in [6.45, 7) is 7.29. The third kappa shape index (κ3) is 1.81. The van der Waals surface area contributed by atoms with Crippen LogP contribution in [0, 0.1) is 10.1 Å². The zero-order valence-electron chi connectivity index (χ0n) is 10.0. The van der Waals surface area contributed by atoms with E-state index in [9.17, 15) is 14.9 Å². The summed E-state index contributed by atoms with van der Waals surface area (Å²) >= 11 is 0.